The third-order valence-electron chi connectivity index (χ3n) is 3.72. The number of non-ortho nitro benzene ring substituents is 1. The van der Waals surface area contributed by atoms with E-state index in [9.17, 15) is 10.1 Å². The van der Waals surface area contributed by atoms with Crippen LogP contribution < -0.4 is 4.90 Å². The molecule has 0 amide bonds. The van der Waals surface area contributed by atoms with Crippen LogP contribution in [0.15, 0.2) is 24.3 Å². The molecule has 6 heteroatoms. The molecule has 0 aromatic heterocycles. The van der Waals surface area contributed by atoms with Crippen LogP contribution in [0.5, 0.6) is 0 Å². The average molecular weight is 274 g/mol. The molecule has 1 unspecified atom stereocenters. The van der Waals surface area contributed by atoms with Crippen LogP contribution in [-0.2, 0) is 0 Å². The first-order chi connectivity index (χ1) is 9.65. The zero-order valence-corrected chi connectivity index (χ0v) is 11.5. The van der Waals surface area contributed by atoms with Gasteiger partial charge in [-0.3, -0.25) is 15.0 Å². The number of hydrogen-bond acceptors (Lipinski definition) is 5. The maximum Gasteiger partial charge on any atom is 0.269 e. The summed E-state index contributed by atoms with van der Waals surface area (Å²) in [5.41, 5.74) is 1.11. The van der Waals surface area contributed by atoms with Crippen molar-refractivity contribution >= 4 is 11.4 Å². The van der Waals surface area contributed by atoms with Crippen LogP contribution in [0.25, 0.3) is 0 Å². The first kappa shape index (κ1) is 14.3. The van der Waals surface area contributed by atoms with Crippen molar-refractivity contribution in [3.63, 3.8) is 0 Å². The first-order valence-electron chi connectivity index (χ1n) is 6.78. The standard InChI is InChI=1S/C14H18N4O2/c1-2-12(11-15)16-7-9-17(10-8-16)13-3-5-14(6-4-13)18(19)20/h3-6,12H,2,7-10H2,1H3. The second kappa shape index (κ2) is 6.35. The predicted molar refractivity (Wildman–Crippen MR) is 76.6 cm³/mol. The van der Waals surface area contributed by atoms with Gasteiger partial charge in [0.2, 0.25) is 0 Å². The molecular weight excluding hydrogens is 256 g/mol. The van der Waals surface area contributed by atoms with E-state index in [1.807, 2.05) is 6.92 Å². The largest absolute Gasteiger partial charge is 0.369 e. The Labute approximate surface area is 118 Å². The minimum absolute atomic E-state index is 0.00555. The summed E-state index contributed by atoms with van der Waals surface area (Å²) < 4.78 is 0. The normalized spacial score (nSPS) is 17.5. The third kappa shape index (κ3) is 3.06. The molecule has 6 nitrogen and oxygen atoms in total. The van der Waals surface area contributed by atoms with Crippen LogP contribution in [0.1, 0.15) is 13.3 Å². The SMILES string of the molecule is CCC(C#N)N1CCN(c2ccc([N+](=O)[O-])cc2)CC1. The molecule has 1 aliphatic heterocycles. The number of nitrogens with zero attached hydrogens (tertiary/aromatic N) is 4. The Balaban J connectivity index is 1.97. The van der Waals surface area contributed by atoms with E-state index in [1.54, 1.807) is 12.1 Å². The second-order valence-electron chi connectivity index (χ2n) is 4.85. The van der Waals surface area contributed by atoms with E-state index in [1.165, 1.54) is 12.1 Å². The topological polar surface area (TPSA) is 73.4 Å². The fraction of sp³-hybridized carbons (Fsp3) is 0.500. The number of nitro groups is 1. The molecular formula is C14H18N4O2. The molecule has 0 aliphatic carbocycles. The van der Waals surface area contributed by atoms with Gasteiger partial charge in [-0.1, -0.05) is 6.92 Å². The molecule has 106 valence electrons. The van der Waals surface area contributed by atoms with Gasteiger partial charge < -0.3 is 4.90 Å². The summed E-state index contributed by atoms with van der Waals surface area (Å²) in [5, 5.41) is 19.7. The van der Waals surface area contributed by atoms with Crippen molar-refractivity contribution in [2.75, 3.05) is 31.1 Å². The van der Waals surface area contributed by atoms with Crippen molar-refractivity contribution in [3.05, 3.63) is 34.4 Å². The zero-order valence-electron chi connectivity index (χ0n) is 11.5. The highest BCUT2D eigenvalue weighted by molar-refractivity contribution is 5.51. The smallest absolute Gasteiger partial charge is 0.269 e. The molecule has 0 saturated carbocycles. The van der Waals surface area contributed by atoms with Crippen LogP contribution in [-0.4, -0.2) is 42.0 Å². The van der Waals surface area contributed by atoms with Gasteiger partial charge in [0.1, 0.15) is 0 Å². The van der Waals surface area contributed by atoms with Gasteiger partial charge >= 0.3 is 0 Å². The van der Waals surface area contributed by atoms with Crippen LogP contribution in [0, 0.1) is 21.4 Å². The van der Waals surface area contributed by atoms with Crippen LogP contribution in [0.3, 0.4) is 0 Å². The van der Waals surface area contributed by atoms with Crippen molar-refractivity contribution in [2.45, 2.75) is 19.4 Å². The summed E-state index contributed by atoms with van der Waals surface area (Å²) in [6, 6.07) is 8.96. The number of benzene rings is 1. The van der Waals surface area contributed by atoms with Gasteiger partial charge in [0.25, 0.3) is 5.69 Å². The lowest BCUT2D eigenvalue weighted by Crippen LogP contribution is -2.49. The monoisotopic (exact) mass is 274 g/mol. The number of hydrogen-bond donors (Lipinski definition) is 0. The van der Waals surface area contributed by atoms with Gasteiger partial charge in [0.05, 0.1) is 17.0 Å². The summed E-state index contributed by atoms with van der Waals surface area (Å²) in [5.74, 6) is 0. The average Bonchev–Trinajstić information content (AvgIpc) is 2.49. The maximum atomic E-state index is 10.6. The van der Waals surface area contributed by atoms with Gasteiger partial charge in [-0.2, -0.15) is 5.26 Å². The third-order valence-corrected chi connectivity index (χ3v) is 3.72. The maximum absolute atomic E-state index is 10.6. The fourth-order valence-electron chi connectivity index (χ4n) is 2.51. The van der Waals surface area contributed by atoms with Gasteiger partial charge in [-0.15, -0.1) is 0 Å². The van der Waals surface area contributed by atoms with Crippen molar-refractivity contribution < 1.29 is 4.92 Å². The Morgan fingerprint density at radius 1 is 1.30 bits per heavy atom. The number of nitro benzene ring substituents is 1. The Hall–Kier alpha value is -2.13. The molecule has 1 atom stereocenters. The summed E-state index contributed by atoms with van der Waals surface area (Å²) in [4.78, 5) is 14.6. The molecule has 1 saturated heterocycles. The van der Waals surface area contributed by atoms with E-state index in [0.29, 0.717) is 0 Å². The van der Waals surface area contributed by atoms with Gasteiger partial charge in [-0.25, -0.2) is 0 Å². The first-order valence-corrected chi connectivity index (χ1v) is 6.78. The number of piperazine rings is 1. The molecule has 0 N–H and O–H groups in total. The molecule has 1 fully saturated rings. The summed E-state index contributed by atoms with van der Waals surface area (Å²) in [7, 11) is 0. The Bertz CT molecular complexity index is 501. The highest BCUT2D eigenvalue weighted by Crippen LogP contribution is 2.21. The van der Waals surface area contributed by atoms with Gasteiger partial charge in [0.15, 0.2) is 0 Å². The van der Waals surface area contributed by atoms with Gasteiger partial charge in [0, 0.05) is 44.0 Å². The minimum Gasteiger partial charge on any atom is -0.369 e. The predicted octanol–water partition coefficient (Wildman–Crippen LogP) is 2.02. The van der Waals surface area contributed by atoms with E-state index in [0.717, 1.165) is 38.3 Å². The van der Waals surface area contributed by atoms with E-state index >= 15 is 0 Å². The summed E-state index contributed by atoms with van der Waals surface area (Å²) in [6.45, 7) is 5.41. The second-order valence-corrected chi connectivity index (χ2v) is 4.85. The van der Waals surface area contributed by atoms with Crippen LogP contribution in [0.2, 0.25) is 0 Å². The van der Waals surface area contributed by atoms with E-state index in [-0.39, 0.29) is 16.7 Å². The minimum atomic E-state index is -0.388. The number of rotatable bonds is 4. The number of anilines is 1. The summed E-state index contributed by atoms with van der Waals surface area (Å²) >= 11 is 0. The molecule has 1 aromatic carbocycles. The quantitative estimate of drug-likeness (QED) is 0.620. The fourth-order valence-corrected chi connectivity index (χ4v) is 2.51. The van der Waals surface area contributed by atoms with Crippen LogP contribution >= 0.6 is 0 Å². The molecule has 1 aromatic rings. The van der Waals surface area contributed by atoms with E-state index in [2.05, 4.69) is 15.9 Å². The number of nitriles is 1. The Morgan fingerprint density at radius 3 is 2.35 bits per heavy atom. The van der Waals surface area contributed by atoms with Crippen molar-refractivity contribution in [2.24, 2.45) is 0 Å². The van der Waals surface area contributed by atoms with Crippen LogP contribution in [0.4, 0.5) is 11.4 Å². The molecule has 1 aliphatic rings. The molecule has 0 bridgehead atoms. The molecule has 1 heterocycles. The highest BCUT2D eigenvalue weighted by Gasteiger charge is 2.22. The van der Waals surface area contributed by atoms with Gasteiger partial charge in [-0.05, 0) is 18.6 Å². The van der Waals surface area contributed by atoms with Crippen molar-refractivity contribution in [1.82, 2.24) is 4.90 Å². The lowest BCUT2D eigenvalue weighted by Gasteiger charge is -2.37. The molecule has 0 spiro atoms. The summed E-state index contributed by atoms with van der Waals surface area (Å²) in [6.07, 6.45) is 0.841. The lowest BCUT2D eigenvalue weighted by molar-refractivity contribution is -0.384. The van der Waals surface area contributed by atoms with Crippen molar-refractivity contribution in [1.29, 1.82) is 5.26 Å². The zero-order chi connectivity index (χ0) is 14.5. The van der Waals surface area contributed by atoms with E-state index in [4.69, 9.17) is 5.26 Å². The molecule has 2 rings (SSSR count). The van der Waals surface area contributed by atoms with E-state index < -0.39 is 0 Å². The highest BCUT2D eigenvalue weighted by atomic mass is 16.6. The Kier molecular flexibility index (Phi) is 4.53. The molecule has 20 heavy (non-hydrogen) atoms. The van der Waals surface area contributed by atoms with Crippen molar-refractivity contribution in [3.8, 4) is 6.07 Å². The Morgan fingerprint density at radius 2 is 1.90 bits per heavy atom. The molecule has 0 radical (unpaired) electrons. The lowest BCUT2D eigenvalue weighted by atomic mass is 10.1.